The Morgan fingerprint density at radius 1 is 1.00 bits per heavy atom. The standard InChI is InChI=1S/C23H24FN3O3S/c1-17-12-13-19(31(29,30)26-22-11-7-6-10-21(22)24)16-20(17)23(28)25-14-15-27(2)18-8-4-3-5-9-18/h3-13,16,26H,14-15H2,1-2H3,(H,25,28). The van der Waals surface area contributed by atoms with Crippen molar-refractivity contribution in [1.82, 2.24) is 5.32 Å². The number of nitrogens with zero attached hydrogens (tertiary/aromatic N) is 1. The van der Waals surface area contributed by atoms with Gasteiger partial charge in [0, 0.05) is 31.4 Å². The van der Waals surface area contributed by atoms with Gasteiger partial charge in [0.2, 0.25) is 0 Å². The Morgan fingerprint density at radius 3 is 2.39 bits per heavy atom. The third-order valence-electron chi connectivity index (χ3n) is 4.81. The van der Waals surface area contributed by atoms with E-state index in [1.54, 1.807) is 13.0 Å². The maximum atomic E-state index is 13.8. The van der Waals surface area contributed by atoms with Gasteiger partial charge in [-0.15, -0.1) is 0 Å². The molecule has 0 bridgehead atoms. The summed E-state index contributed by atoms with van der Waals surface area (Å²) in [5, 5.41) is 2.82. The number of carbonyl (C=O) groups excluding carboxylic acids is 1. The number of rotatable bonds is 8. The number of nitrogens with one attached hydrogen (secondary N) is 2. The molecule has 0 radical (unpaired) electrons. The fourth-order valence-corrected chi connectivity index (χ4v) is 4.10. The lowest BCUT2D eigenvalue weighted by molar-refractivity contribution is 0.0954. The van der Waals surface area contributed by atoms with Crippen LogP contribution in [0.5, 0.6) is 0 Å². The number of sulfonamides is 1. The van der Waals surface area contributed by atoms with Crippen LogP contribution in [-0.2, 0) is 10.0 Å². The molecule has 3 aromatic rings. The lowest BCUT2D eigenvalue weighted by Crippen LogP contribution is -2.33. The van der Waals surface area contributed by atoms with Gasteiger partial charge in [-0.05, 0) is 48.9 Å². The zero-order valence-electron chi connectivity index (χ0n) is 17.3. The fraction of sp³-hybridized carbons (Fsp3) is 0.174. The predicted octanol–water partition coefficient (Wildman–Crippen LogP) is 3.80. The van der Waals surface area contributed by atoms with Crippen molar-refractivity contribution in [2.24, 2.45) is 0 Å². The van der Waals surface area contributed by atoms with E-state index in [2.05, 4.69) is 10.0 Å². The number of anilines is 2. The number of benzene rings is 3. The van der Waals surface area contributed by atoms with Gasteiger partial charge < -0.3 is 10.2 Å². The Hall–Kier alpha value is -3.39. The van der Waals surface area contributed by atoms with Crippen LogP contribution in [0.4, 0.5) is 15.8 Å². The van der Waals surface area contributed by atoms with Crippen LogP contribution in [0, 0.1) is 12.7 Å². The molecular formula is C23H24FN3O3S. The molecule has 2 N–H and O–H groups in total. The normalized spacial score (nSPS) is 11.1. The molecule has 0 aliphatic carbocycles. The van der Waals surface area contributed by atoms with Crippen molar-refractivity contribution in [3.05, 3.63) is 89.7 Å². The summed E-state index contributed by atoms with van der Waals surface area (Å²) < 4.78 is 41.4. The summed E-state index contributed by atoms with van der Waals surface area (Å²) in [6, 6.07) is 19.5. The van der Waals surface area contributed by atoms with Crippen LogP contribution in [0.25, 0.3) is 0 Å². The monoisotopic (exact) mass is 441 g/mol. The van der Waals surface area contributed by atoms with Gasteiger partial charge in [-0.2, -0.15) is 0 Å². The molecule has 8 heteroatoms. The third kappa shape index (κ3) is 5.61. The number of carbonyl (C=O) groups is 1. The molecule has 31 heavy (non-hydrogen) atoms. The minimum Gasteiger partial charge on any atom is -0.373 e. The van der Waals surface area contributed by atoms with E-state index < -0.39 is 15.8 Å². The Morgan fingerprint density at radius 2 is 1.68 bits per heavy atom. The van der Waals surface area contributed by atoms with Gasteiger partial charge in [0.15, 0.2) is 0 Å². The summed E-state index contributed by atoms with van der Waals surface area (Å²) in [5.74, 6) is -1.06. The van der Waals surface area contributed by atoms with E-state index >= 15 is 0 Å². The number of likely N-dealkylation sites (N-methyl/N-ethyl adjacent to an activating group) is 1. The first-order chi connectivity index (χ1) is 14.8. The molecule has 3 aromatic carbocycles. The van der Waals surface area contributed by atoms with Crippen LogP contribution in [0.2, 0.25) is 0 Å². The van der Waals surface area contributed by atoms with E-state index in [0.717, 1.165) is 5.69 Å². The van der Waals surface area contributed by atoms with Gasteiger partial charge in [-0.3, -0.25) is 9.52 Å². The van der Waals surface area contributed by atoms with Crippen LogP contribution in [0.3, 0.4) is 0 Å². The zero-order chi connectivity index (χ0) is 22.4. The lowest BCUT2D eigenvalue weighted by Gasteiger charge is -2.19. The Bertz CT molecular complexity index is 1170. The maximum Gasteiger partial charge on any atom is 0.262 e. The molecule has 1 amide bonds. The summed E-state index contributed by atoms with van der Waals surface area (Å²) in [5.41, 5.74) is 1.76. The number of halogens is 1. The molecule has 0 atom stereocenters. The van der Waals surface area contributed by atoms with Crippen LogP contribution >= 0.6 is 0 Å². The molecule has 0 heterocycles. The quantitative estimate of drug-likeness (QED) is 0.557. The average molecular weight is 442 g/mol. The van der Waals surface area contributed by atoms with E-state index in [9.17, 15) is 17.6 Å². The molecule has 0 aliphatic rings. The second kappa shape index (κ2) is 9.61. The highest BCUT2D eigenvalue weighted by Crippen LogP contribution is 2.21. The lowest BCUT2D eigenvalue weighted by atomic mass is 10.1. The molecule has 0 unspecified atom stereocenters. The van der Waals surface area contributed by atoms with Gasteiger partial charge in [-0.25, -0.2) is 12.8 Å². The van der Waals surface area contributed by atoms with Gasteiger partial charge >= 0.3 is 0 Å². The molecule has 0 saturated carbocycles. The van der Waals surface area contributed by atoms with Crippen molar-refractivity contribution in [1.29, 1.82) is 0 Å². The number of para-hydroxylation sites is 2. The highest BCUT2D eigenvalue weighted by Gasteiger charge is 2.19. The van der Waals surface area contributed by atoms with Crippen molar-refractivity contribution < 1.29 is 17.6 Å². The van der Waals surface area contributed by atoms with Crippen LogP contribution in [0.1, 0.15) is 15.9 Å². The average Bonchev–Trinajstić information content (AvgIpc) is 2.76. The molecule has 162 valence electrons. The second-order valence-electron chi connectivity index (χ2n) is 7.08. The van der Waals surface area contributed by atoms with Crippen LogP contribution in [0.15, 0.2) is 77.7 Å². The van der Waals surface area contributed by atoms with Crippen molar-refractivity contribution in [2.75, 3.05) is 29.8 Å². The molecule has 0 saturated heterocycles. The van der Waals surface area contributed by atoms with Gasteiger partial charge in [0.05, 0.1) is 10.6 Å². The molecule has 0 aromatic heterocycles. The fourth-order valence-electron chi connectivity index (χ4n) is 3.00. The van der Waals surface area contributed by atoms with Crippen molar-refractivity contribution in [2.45, 2.75) is 11.8 Å². The summed E-state index contributed by atoms with van der Waals surface area (Å²) in [7, 11) is -2.13. The second-order valence-corrected chi connectivity index (χ2v) is 8.76. The van der Waals surface area contributed by atoms with E-state index in [0.29, 0.717) is 18.7 Å². The number of aryl methyl sites for hydroxylation is 1. The largest absolute Gasteiger partial charge is 0.373 e. The molecule has 3 rings (SSSR count). The smallest absolute Gasteiger partial charge is 0.262 e. The van der Waals surface area contributed by atoms with Crippen LogP contribution in [-0.4, -0.2) is 34.5 Å². The topological polar surface area (TPSA) is 78.5 Å². The SMILES string of the molecule is Cc1ccc(S(=O)(=O)Nc2ccccc2F)cc1C(=O)NCCN(C)c1ccccc1. The first-order valence-corrected chi connectivity index (χ1v) is 11.2. The first-order valence-electron chi connectivity index (χ1n) is 9.70. The number of hydrogen-bond acceptors (Lipinski definition) is 4. The van der Waals surface area contributed by atoms with Crippen molar-refractivity contribution >= 4 is 27.3 Å². The van der Waals surface area contributed by atoms with E-state index in [-0.39, 0.29) is 22.1 Å². The Kier molecular flexibility index (Phi) is 6.91. The van der Waals surface area contributed by atoms with E-state index in [1.165, 1.54) is 36.4 Å². The molecule has 0 fully saturated rings. The maximum absolute atomic E-state index is 13.8. The Balaban J connectivity index is 1.70. The summed E-state index contributed by atoms with van der Waals surface area (Å²) in [6.45, 7) is 2.70. The summed E-state index contributed by atoms with van der Waals surface area (Å²) >= 11 is 0. The third-order valence-corrected chi connectivity index (χ3v) is 6.18. The van der Waals surface area contributed by atoms with Crippen molar-refractivity contribution in [3.8, 4) is 0 Å². The Labute approximate surface area is 181 Å². The highest BCUT2D eigenvalue weighted by molar-refractivity contribution is 7.92. The minimum atomic E-state index is -4.06. The molecular weight excluding hydrogens is 417 g/mol. The summed E-state index contributed by atoms with van der Waals surface area (Å²) in [6.07, 6.45) is 0. The van der Waals surface area contributed by atoms with E-state index in [1.807, 2.05) is 42.3 Å². The number of hydrogen-bond donors (Lipinski definition) is 2. The van der Waals surface area contributed by atoms with E-state index in [4.69, 9.17) is 0 Å². The molecule has 6 nitrogen and oxygen atoms in total. The predicted molar refractivity (Wildman–Crippen MR) is 120 cm³/mol. The number of amides is 1. The van der Waals surface area contributed by atoms with Crippen LogP contribution < -0.4 is 14.9 Å². The van der Waals surface area contributed by atoms with Gasteiger partial charge in [0.25, 0.3) is 15.9 Å². The van der Waals surface area contributed by atoms with Gasteiger partial charge in [0.1, 0.15) is 5.82 Å². The highest BCUT2D eigenvalue weighted by atomic mass is 32.2. The van der Waals surface area contributed by atoms with Crippen molar-refractivity contribution in [3.63, 3.8) is 0 Å². The first kappa shape index (κ1) is 22.3. The van der Waals surface area contributed by atoms with Gasteiger partial charge in [-0.1, -0.05) is 36.4 Å². The minimum absolute atomic E-state index is 0.118. The molecule has 0 aliphatic heterocycles. The summed E-state index contributed by atoms with van der Waals surface area (Å²) in [4.78, 5) is 14.6. The molecule has 0 spiro atoms. The zero-order valence-corrected chi connectivity index (χ0v) is 18.1.